The number of rotatable bonds is 2. The third-order valence-electron chi connectivity index (χ3n) is 3.76. The molecule has 0 bridgehead atoms. The molecule has 22 heavy (non-hydrogen) atoms. The normalized spacial score (nSPS) is 22.4. The van der Waals surface area contributed by atoms with Crippen LogP contribution in [0.15, 0.2) is 0 Å². The molecule has 0 fully saturated rings. The number of carbonyl (C=O) groups excluding carboxylic acids is 3. The summed E-state index contributed by atoms with van der Waals surface area (Å²) >= 11 is 0. The molecule has 2 heterocycles. The maximum absolute atomic E-state index is 12.0. The minimum Gasteiger partial charge on any atom is -0.464 e. The third kappa shape index (κ3) is 2.20. The second kappa shape index (κ2) is 5.36. The van der Waals surface area contributed by atoms with Crippen LogP contribution in [0.4, 0.5) is 0 Å². The van der Waals surface area contributed by atoms with Crippen LogP contribution in [0.1, 0.15) is 70.5 Å². The molecule has 1 aromatic rings. The average Bonchev–Trinajstić information content (AvgIpc) is 2.70. The molecular formula is C14H14N2O6. The minimum absolute atomic E-state index is 0.0438. The lowest BCUT2D eigenvalue weighted by atomic mass is 9.97. The highest BCUT2D eigenvalue weighted by atomic mass is 16.6. The predicted octanol–water partition coefficient (Wildman–Crippen LogP) is 1.26. The molecular weight excluding hydrogens is 292 g/mol. The number of ether oxygens (including phenoxy) is 3. The van der Waals surface area contributed by atoms with Gasteiger partial charge in [0, 0.05) is 18.1 Å². The van der Waals surface area contributed by atoms with Crippen molar-refractivity contribution < 1.29 is 28.6 Å². The Bertz CT molecular complexity index is 672. The second-order valence-electron chi connectivity index (χ2n) is 5.14. The number of aromatic nitrogens is 2. The molecule has 1 aliphatic heterocycles. The van der Waals surface area contributed by atoms with Gasteiger partial charge in [-0.3, -0.25) is 4.79 Å². The van der Waals surface area contributed by atoms with Crippen LogP contribution >= 0.6 is 0 Å². The van der Waals surface area contributed by atoms with E-state index in [1.54, 1.807) is 0 Å². The van der Waals surface area contributed by atoms with Gasteiger partial charge in [0.2, 0.25) is 0 Å². The monoisotopic (exact) mass is 306 g/mol. The first-order chi connectivity index (χ1) is 10.5. The number of esters is 3. The molecule has 2 atom stereocenters. The Balaban J connectivity index is 2.22. The van der Waals surface area contributed by atoms with E-state index in [0.29, 0.717) is 30.4 Å². The Morgan fingerprint density at radius 3 is 2.68 bits per heavy atom. The molecule has 1 aromatic heterocycles. The fourth-order valence-corrected chi connectivity index (χ4v) is 2.91. The molecule has 8 heteroatoms. The Labute approximate surface area is 125 Å². The summed E-state index contributed by atoms with van der Waals surface area (Å²) in [6.45, 7) is 1.29. The summed E-state index contributed by atoms with van der Waals surface area (Å²) in [5, 5.41) is 7.58. The van der Waals surface area contributed by atoms with E-state index in [4.69, 9.17) is 14.2 Å². The van der Waals surface area contributed by atoms with Gasteiger partial charge in [-0.25, -0.2) is 9.59 Å². The summed E-state index contributed by atoms with van der Waals surface area (Å²) in [5.74, 6) is -1.74. The fourth-order valence-electron chi connectivity index (χ4n) is 2.91. The zero-order chi connectivity index (χ0) is 15.9. The van der Waals surface area contributed by atoms with Gasteiger partial charge in [0.05, 0.1) is 7.11 Å². The van der Waals surface area contributed by atoms with E-state index in [1.165, 1.54) is 14.0 Å². The van der Waals surface area contributed by atoms with Crippen LogP contribution in [0.5, 0.6) is 0 Å². The zero-order valence-corrected chi connectivity index (χ0v) is 12.1. The quantitative estimate of drug-likeness (QED) is 0.594. The van der Waals surface area contributed by atoms with E-state index < -0.39 is 30.1 Å². The molecule has 0 spiro atoms. The molecule has 8 nitrogen and oxygen atoms in total. The summed E-state index contributed by atoms with van der Waals surface area (Å²) < 4.78 is 15.3. The van der Waals surface area contributed by atoms with Crippen molar-refractivity contribution in [1.82, 2.24) is 10.2 Å². The van der Waals surface area contributed by atoms with Crippen molar-refractivity contribution in [1.29, 1.82) is 0 Å². The van der Waals surface area contributed by atoms with E-state index in [-0.39, 0.29) is 11.4 Å². The van der Waals surface area contributed by atoms with Crippen LogP contribution in [0.2, 0.25) is 0 Å². The molecule has 0 saturated heterocycles. The van der Waals surface area contributed by atoms with Gasteiger partial charge in [-0.2, -0.15) is 0 Å². The molecule has 116 valence electrons. The van der Waals surface area contributed by atoms with E-state index in [9.17, 15) is 14.4 Å². The molecule has 0 amide bonds. The highest BCUT2D eigenvalue weighted by Gasteiger charge is 2.42. The second-order valence-corrected chi connectivity index (χ2v) is 5.14. The number of hydrogen-bond acceptors (Lipinski definition) is 8. The Hall–Kier alpha value is -2.51. The first-order valence-electron chi connectivity index (χ1n) is 6.90. The molecule has 0 radical (unpaired) electrons. The van der Waals surface area contributed by atoms with Crippen molar-refractivity contribution in [3.05, 3.63) is 22.5 Å². The molecule has 2 aliphatic rings. The smallest absolute Gasteiger partial charge is 0.359 e. The van der Waals surface area contributed by atoms with Crippen molar-refractivity contribution in [2.75, 3.05) is 7.11 Å². The molecule has 3 rings (SSSR count). The van der Waals surface area contributed by atoms with E-state index in [1.807, 2.05) is 0 Å². The number of hydrogen-bond donors (Lipinski definition) is 0. The fraction of sp³-hybridized carbons (Fsp3) is 0.500. The largest absolute Gasteiger partial charge is 0.464 e. The molecule has 2 unspecified atom stereocenters. The highest BCUT2D eigenvalue weighted by molar-refractivity contribution is 5.95. The van der Waals surface area contributed by atoms with Gasteiger partial charge in [-0.15, -0.1) is 10.2 Å². The van der Waals surface area contributed by atoms with E-state index >= 15 is 0 Å². The van der Waals surface area contributed by atoms with Crippen molar-refractivity contribution in [2.24, 2.45) is 0 Å². The standard InChI is InChI=1S/C14H14N2O6/c1-6(17)21-7-4-3-5-8-10-9(7)11(13(18)20-2)15-16-12(10)14(19)22-8/h7-8H,3-5H2,1-2H3. The predicted molar refractivity (Wildman–Crippen MR) is 69.9 cm³/mol. The molecule has 0 N–H and O–H groups in total. The van der Waals surface area contributed by atoms with Crippen molar-refractivity contribution in [2.45, 2.75) is 38.4 Å². The Morgan fingerprint density at radius 1 is 1.23 bits per heavy atom. The Morgan fingerprint density at radius 2 is 2.00 bits per heavy atom. The van der Waals surface area contributed by atoms with E-state index in [0.717, 1.165) is 0 Å². The van der Waals surface area contributed by atoms with Gasteiger partial charge in [0.15, 0.2) is 11.4 Å². The van der Waals surface area contributed by atoms with Gasteiger partial charge in [0.1, 0.15) is 12.2 Å². The topological polar surface area (TPSA) is 105 Å². The lowest BCUT2D eigenvalue weighted by molar-refractivity contribution is -0.147. The molecule has 0 aromatic carbocycles. The van der Waals surface area contributed by atoms with Crippen LogP contribution in [0, 0.1) is 0 Å². The summed E-state index contributed by atoms with van der Waals surface area (Å²) in [6, 6.07) is 0. The summed E-state index contributed by atoms with van der Waals surface area (Å²) in [6.07, 6.45) is 0.600. The number of carbonyl (C=O) groups is 3. The number of methoxy groups -OCH3 is 1. The maximum Gasteiger partial charge on any atom is 0.359 e. The molecule has 1 aliphatic carbocycles. The van der Waals surface area contributed by atoms with Crippen LogP contribution in [0.25, 0.3) is 0 Å². The summed E-state index contributed by atoms with van der Waals surface area (Å²) in [7, 11) is 1.22. The SMILES string of the molecule is COC(=O)c1nnc2c3c1C(OC(C)=O)CCCC3OC2=O. The van der Waals surface area contributed by atoms with E-state index in [2.05, 4.69) is 10.2 Å². The first kappa shape index (κ1) is 14.4. The van der Waals surface area contributed by atoms with Crippen LogP contribution in [-0.4, -0.2) is 35.2 Å². The van der Waals surface area contributed by atoms with Gasteiger partial charge < -0.3 is 14.2 Å². The van der Waals surface area contributed by atoms with Crippen LogP contribution < -0.4 is 0 Å². The highest BCUT2D eigenvalue weighted by Crippen LogP contribution is 2.44. The van der Waals surface area contributed by atoms with Gasteiger partial charge in [0.25, 0.3) is 0 Å². The minimum atomic E-state index is -0.692. The van der Waals surface area contributed by atoms with Crippen LogP contribution in [-0.2, 0) is 19.0 Å². The Kier molecular flexibility index (Phi) is 3.51. The van der Waals surface area contributed by atoms with Crippen molar-refractivity contribution in [3.63, 3.8) is 0 Å². The lowest BCUT2D eigenvalue weighted by Crippen LogP contribution is -2.19. The van der Waals surface area contributed by atoms with Crippen molar-refractivity contribution in [3.8, 4) is 0 Å². The average molecular weight is 306 g/mol. The first-order valence-corrected chi connectivity index (χ1v) is 6.90. The van der Waals surface area contributed by atoms with Gasteiger partial charge >= 0.3 is 17.9 Å². The van der Waals surface area contributed by atoms with Crippen molar-refractivity contribution >= 4 is 17.9 Å². The molecule has 0 saturated carbocycles. The lowest BCUT2D eigenvalue weighted by Gasteiger charge is -2.19. The van der Waals surface area contributed by atoms with Crippen LogP contribution in [0.3, 0.4) is 0 Å². The van der Waals surface area contributed by atoms with Gasteiger partial charge in [-0.1, -0.05) is 0 Å². The third-order valence-corrected chi connectivity index (χ3v) is 3.76. The number of nitrogens with zero attached hydrogens (tertiary/aromatic N) is 2. The van der Waals surface area contributed by atoms with Gasteiger partial charge in [-0.05, 0) is 19.3 Å². The summed E-state index contributed by atoms with van der Waals surface area (Å²) in [4.78, 5) is 35.2. The maximum atomic E-state index is 12.0. The summed E-state index contributed by atoms with van der Waals surface area (Å²) in [5.41, 5.74) is 0.897. The zero-order valence-electron chi connectivity index (χ0n) is 12.1.